The summed E-state index contributed by atoms with van der Waals surface area (Å²) in [5, 5.41) is 9.79. The highest BCUT2D eigenvalue weighted by molar-refractivity contribution is 5.27. The molecular formula is C12H8F3NO. The molecular weight excluding hydrogens is 231 g/mol. The number of hydrogen-bond acceptors (Lipinski definition) is 2. The minimum atomic E-state index is -1.50. The van der Waals surface area contributed by atoms with Crippen LogP contribution in [0.25, 0.3) is 0 Å². The van der Waals surface area contributed by atoms with Crippen molar-refractivity contribution in [3.05, 3.63) is 65.2 Å². The van der Waals surface area contributed by atoms with Gasteiger partial charge in [0.2, 0.25) is 0 Å². The van der Waals surface area contributed by atoms with Gasteiger partial charge in [-0.15, -0.1) is 0 Å². The summed E-state index contributed by atoms with van der Waals surface area (Å²) in [7, 11) is 0. The monoisotopic (exact) mass is 239 g/mol. The maximum atomic E-state index is 13.3. The molecule has 0 spiro atoms. The molecule has 1 N–H and O–H groups in total. The molecule has 0 aliphatic carbocycles. The topological polar surface area (TPSA) is 33.1 Å². The van der Waals surface area contributed by atoms with Crippen molar-refractivity contribution in [2.75, 3.05) is 0 Å². The minimum absolute atomic E-state index is 0.0832. The number of halogens is 3. The van der Waals surface area contributed by atoms with Crippen LogP contribution < -0.4 is 0 Å². The lowest BCUT2D eigenvalue weighted by Gasteiger charge is -2.11. The molecule has 1 aromatic carbocycles. The Hall–Kier alpha value is -1.88. The van der Waals surface area contributed by atoms with Crippen LogP contribution in [0.15, 0.2) is 36.5 Å². The van der Waals surface area contributed by atoms with Crippen molar-refractivity contribution in [2.45, 2.75) is 6.10 Å². The van der Waals surface area contributed by atoms with Crippen molar-refractivity contribution in [3.63, 3.8) is 0 Å². The van der Waals surface area contributed by atoms with Crippen LogP contribution in [0.4, 0.5) is 13.2 Å². The van der Waals surface area contributed by atoms with E-state index in [2.05, 4.69) is 4.98 Å². The summed E-state index contributed by atoms with van der Waals surface area (Å²) in [5.41, 5.74) is -0.349. The molecule has 0 saturated carbocycles. The van der Waals surface area contributed by atoms with Crippen molar-refractivity contribution < 1.29 is 18.3 Å². The summed E-state index contributed by atoms with van der Waals surface area (Å²) in [5.74, 6) is -2.41. The molecule has 0 saturated heterocycles. The average molecular weight is 239 g/mol. The van der Waals surface area contributed by atoms with Crippen LogP contribution in [0.1, 0.15) is 17.4 Å². The Morgan fingerprint density at radius 3 is 2.29 bits per heavy atom. The smallest absolute Gasteiger partial charge is 0.147 e. The maximum Gasteiger partial charge on any atom is 0.147 e. The van der Waals surface area contributed by atoms with E-state index in [9.17, 15) is 18.3 Å². The third-order valence-corrected chi connectivity index (χ3v) is 2.25. The van der Waals surface area contributed by atoms with E-state index in [0.717, 1.165) is 18.2 Å². The summed E-state index contributed by atoms with van der Waals surface area (Å²) in [6, 6.07) is 5.01. The van der Waals surface area contributed by atoms with Gasteiger partial charge in [-0.3, -0.25) is 4.98 Å². The van der Waals surface area contributed by atoms with E-state index < -0.39 is 23.6 Å². The van der Waals surface area contributed by atoms with Gasteiger partial charge in [-0.1, -0.05) is 0 Å². The molecule has 1 heterocycles. The Balaban J connectivity index is 2.43. The predicted octanol–water partition coefficient (Wildman–Crippen LogP) is 2.58. The average Bonchev–Trinajstić information content (AvgIpc) is 2.27. The van der Waals surface area contributed by atoms with Gasteiger partial charge in [-0.25, -0.2) is 13.2 Å². The lowest BCUT2D eigenvalue weighted by atomic mass is 10.1. The molecule has 0 radical (unpaired) electrons. The molecule has 0 amide bonds. The van der Waals surface area contributed by atoms with E-state index in [1.807, 2.05) is 0 Å². The van der Waals surface area contributed by atoms with Gasteiger partial charge >= 0.3 is 0 Å². The van der Waals surface area contributed by atoms with Crippen molar-refractivity contribution >= 4 is 0 Å². The van der Waals surface area contributed by atoms with Crippen LogP contribution in [0, 0.1) is 17.5 Å². The van der Waals surface area contributed by atoms with E-state index in [0.29, 0.717) is 6.07 Å². The normalized spacial score (nSPS) is 12.5. The molecule has 1 unspecified atom stereocenters. The fourth-order valence-corrected chi connectivity index (χ4v) is 1.49. The Bertz CT molecular complexity index is 525. The van der Waals surface area contributed by atoms with Crippen molar-refractivity contribution in [1.29, 1.82) is 0 Å². The first-order valence-corrected chi connectivity index (χ1v) is 4.82. The van der Waals surface area contributed by atoms with Crippen LogP contribution in [0.5, 0.6) is 0 Å². The zero-order valence-electron chi connectivity index (χ0n) is 8.57. The number of aliphatic hydroxyl groups excluding tert-OH is 1. The second kappa shape index (κ2) is 4.55. The number of aliphatic hydroxyl groups is 1. The number of hydrogen-bond donors (Lipinski definition) is 1. The number of nitrogens with zero attached hydrogens (tertiary/aromatic N) is 1. The first-order chi connectivity index (χ1) is 8.08. The minimum Gasteiger partial charge on any atom is -0.382 e. The number of pyridine rings is 1. The second-order valence-corrected chi connectivity index (χ2v) is 3.48. The summed E-state index contributed by atoms with van der Waals surface area (Å²) in [6.07, 6.45) is -0.210. The zero-order valence-corrected chi connectivity index (χ0v) is 8.57. The molecule has 0 fully saturated rings. The van der Waals surface area contributed by atoms with Gasteiger partial charge in [-0.05, 0) is 29.8 Å². The number of benzene rings is 1. The molecule has 0 bridgehead atoms. The zero-order chi connectivity index (χ0) is 12.4. The van der Waals surface area contributed by atoms with Crippen molar-refractivity contribution in [3.8, 4) is 0 Å². The van der Waals surface area contributed by atoms with Gasteiger partial charge in [-0.2, -0.15) is 0 Å². The van der Waals surface area contributed by atoms with Gasteiger partial charge in [0.15, 0.2) is 0 Å². The molecule has 2 aromatic rings. The van der Waals surface area contributed by atoms with E-state index >= 15 is 0 Å². The highest BCUT2D eigenvalue weighted by atomic mass is 19.1. The largest absolute Gasteiger partial charge is 0.382 e. The lowest BCUT2D eigenvalue weighted by molar-refractivity contribution is 0.208. The van der Waals surface area contributed by atoms with Crippen LogP contribution >= 0.6 is 0 Å². The summed E-state index contributed by atoms with van der Waals surface area (Å²) in [6.45, 7) is 0. The summed E-state index contributed by atoms with van der Waals surface area (Å²) >= 11 is 0. The van der Waals surface area contributed by atoms with Gasteiger partial charge < -0.3 is 5.11 Å². The Labute approximate surface area is 95.4 Å². The molecule has 2 rings (SSSR count). The predicted molar refractivity (Wildman–Crippen MR) is 54.6 cm³/mol. The number of aromatic nitrogens is 1. The van der Waals surface area contributed by atoms with E-state index in [4.69, 9.17) is 0 Å². The highest BCUT2D eigenvalue weighted by Gasteiger charge is 2.17. The standard InChI is InChI=1S/C12H8F3NO/c13-8-4-7(5-9(14)6-8)12(17)11-10(15)2-1-3-16-11/h1-6,12,17H. The van der Waals surface area contributed by atoms with E-state index in [1.54, 1.807) is 0 Å². The summed E-state index contributed by atoms with van der Waals surface area (Å²) < 4.78 is 39.2. The molecule has 88 valence electrons. The fourth-order valence-electron chi connectivity index (χ4n) is 1.49. The molecule has 2 nitrogen and oxygen atoms in total. The van der Waals surface area contributed by atoms with Crippen LogP contribution in [-0.2, 0) is 0 Å². The molecule has 1 aromatic heterocycles. The quantitative estimate of drug-likeness (QED) is 0.873. The third kappa shape index (κ3) is 2.45. The molecule has 1 atom stereocenters. The lowest BCUT2D eigenvalue weighted by Crippen LogP contribution is -2.06. The maximum absolute atomic E-state index is 13.3. The summed E-state index contributed by atoms with van der Waals surface area (Å²) in [4.78, 5) is 3.64. The van der Waals surface area contributed by atoms with Crippen LogP contribution in [-0.4, -0.2) is 10.1 Å². The van der Waals surface area contributed by atoms with Crippen LogP contribution in [0.2, 0.25) is 0 Å². The van der Waals surface area contributed by atoms with E-state index in [-0.39, 0.29) is 11.3 Å². The van der Waals surface area contributed by atoms with Crippen molar-refractivity contribution in [2.24, 2.45) is 0 Å². The number of rotatable bonds is 2. The second-order valence-electron chi connectivity index (χ2n) is 3.48. The first kappa shape index (κ1) is 11.6. The van der Waals surface area contributed by atoms with Crippen molar-refractivity contribution in [1.82, 2.24) is 4.98 Å². The van der Waals surface area contributed by atoms with E-state index in [1.165, 1.54) is 12.3 Å². The highest BCUT2D eigenvalue weighted by Crippen LogP contribution is 2.23. The molecule has 5 heteroatoms. The molecule has 0 aliphatic heterocycles. The van der Waals surface area contributed by atoms with Gasteiger partial charge in [0.05, 0.1) is 0 Å². The van der Waals surface area contributed by atoms with Gasteiger partial charge in [0, 0.05) is 12.3 Å². The Morgan fingerprint density at radius 2 is 1.71 bits per heavy atom. The molecule has 17 heavy (non-hydrogen) atoms. The SMILES string of the molecule is OC(c1cc(F)cc(F)c1)c1ncccc1F. The van der Waals surface area contributed by atoms with Gasteiger partial charge in [0.1, 0.15) is 29.2 Å². The first-order valence-electron chi connectivity index (χ1n) is 4.82. The third-order valence-electron chi connectivity index (χ3n) is 2.25. The molecule has 0 aliphatic rings. The fraction of sp³-hybridized carbons (Fsp3) is 0.0833. The van der Waals surface area contributed by atoms with Gasteiger partial charge in [0.25, 0.3) is 0 Å². The van der Waals surface area contributed by atoms with Crippen LogP contribution in [0.3, 0.4) is 0 Å². The Kier molecular flexibility index (Phi) is 3.10. The Morgan fingerprint density at radius 1 is 1.06 bits per heavy atom.